The number of ether oxygens (including phenoxy) is 1. The van der Waals surface area contributed by atoms with Gasteiger partial charge in [-0.15, -0.1) is 0 Å². The van der Waals surface area contributed by atoms with Crippen molar-refractivity contribution in [2.45, 2.75) is 47.6 Å². The molecule has 4 rings (SSSR count). The van der Waals surface area contributed by atoms with E-state index in [1.807, 2.05) is 13.8 Å². The summed E-state index contributed by atoms with van der Waals surface area (Å²) in [6, 6.07) is 26.0. The minimum absolute atomic E-state index is 0.762. The Balaban J connectivity index is 0.00000124. The first-order valence-corrected chi connectivity index (χ1v) is 11.0. The average molecular weight is 400 g/mol. The molecule has 0 aliphatic heterocycles. The van der Waals surface area contributed by atoms with Crippen LogP contribution in [0.3, 0.4) is 0 Å². The van der Waals surface area contributed by atoms with Crippen LogP contribution in [0.15, 0.2) is 72.8 Å². The Morgan fingerprint density at radius 3 is 2.20 bits per heavy atom. The van der Waals surface area contributed by atoms with Crippen LogP contribution in [-0.4, -0.2) is 11.2 Å². The average Bonchev–Trinajstić information content (AvgIpc) is 3.06. The summed E-state index contributed by atoms with van der Waals surface area (Å²) >= 11 is 0. The first-order chi connectivity index (χ1) is 14.7. The van der Waals surface area contributed by atoms with Crippen LogP contribution in [0.4, 0.5) is 0 Å². The summed E-state index contributed by atoms with van der Waals surface area (Å²) in [5.74, 6) is 0.943. The molecule has 0 aliphatic rings. The number of hydrogen-bond acceptors (Lipinski definition) is 1. The second-order valence-electron chi connectivity index (χ2n) is 7.44. The predicted octanol–water partition coefficient (Wildman–Crippen LogP) is 7.79. The van der Waals surface area contributed by atoms with E-state index < -0.39 is 0 Å². The smallest absolute Gasteiger partial charge is 0.119 e. The summed E-state index contributed by atoms with van der Waals surface area (Å²) in [5, 5.41) is 1.33. The fourth-order valence-corrected chi connectivity index (χ4v) is 3.86. The lowest BCUT2D eigenvalue weighted by Crippen LogP contribution is -2.02. The van der Waals surface area contributed by atoms with Gasteiger partial charge in [0.2, 0.25) is 0 Å². The maximum atomic E-state index is 5.73. The molecule has 0 saturated heterocycles. The maximum Gasteiger partial charge on any atom is 0.119 e. The van der Waals surface area contributed by atoms with Crippen LogP contribution < -0.4 is 4.74 Å². The molecular weight excluding hydrogens is 366 g/mol. The molecule has 1 heterocycles. The predicted molar refractivity (Wildman–Crippen MR) is 130 cm³/mol. The third-order valence-electron chi connectivity index (χ3n) is 5.26. The highest BCUT2D eigenvalue weighted by Crippen LogP contribution is 2.34. The molecule has 0 radical (unpaired) electrons. The van der Waals surface area contributed by atoms with E-state index >= 15 is 0 Å². The molecule has 0 saturated carbocycles. The van der Waals surface area contributed by atoms with E-state index in [0.717, 1.165) is 25.3 Å². The molecule has 0 fully saturated rings. The molecule has 0 unspecified atom stereocenters. The van der Waals surface area contributed by atoms with Gasteiger partial charge in [0.25, 0.3) is 0 Å². The van der Waals surface area contributed by atoms with Gasteiger partial charge in [-0.2, -0.15) is 0 Å². The van der Waals surface area contributed by atoms with Gasteiger partial charge in [0.05, 0.1) is 12.3 Å². The Morgan fingerprint density at radius 1 is 0.833 bits per heavy atom. The first kappa shape index (κ1) is 21.7. The van der Waals surface area contributed by atoms with E-state index in [4.69, 9.17) is 4.74 Å². The van der Waals surface area contributed by atoms with Crippen molar-refractivity contribution in [1.82, 2.24) is 4.57 Å². The minimum Gasteiger partial charge on any atom is -0.494 e. The van der Waals surface area contributed by atoms with Gasteiger partial charge in [-0.05, 0) is 61.2 Å². The molecule has 0 amide bonds. The van der Waals surface area contributed by atoms with Crippen LogP contribution in [0.2, 0.25) is 0 Å². The van der Waals surface area contributed by atoms with E-state index in [1.54, 1.807) is 0 Å². The van der Waals surface area contributed by atoms with Gasteiger partial charge in [0.15, 0.2) is 0 Å². The van der Waals surface area contributed by atoms with Crippen molar-refractivity contribution in [2.75, 3.05) is 6.61 Å². The number of hydrogen-bond donors (Lipinski definition) is 0. The Morgan fingerprint density at radius 2 is 1.53 bits per heavy atom. The second kappa shape index (κ2) is 10.2. The van der Waals surface area contributed by atoms with E-state index in [0.29, 0.717) is 0 Å². The Labute approximate surface area is 181 Å². The van der Waals surface area contributed by atoms with Gasteiger partial charge in [0.1, 0.15) is 5.75 Å². The highest BCUT2D eigenvalue weighted by molar-refractivity contribution is 5.92. The van der Waals surface area contributed by atoms with E-state index in [9.17, 15) is 0 Å². The van der Waals surface area contributed by atoms with Crippen LogP contribution in [0, 0.1) is 13.8 Å². The van der Waals surface area contributed by atoms with Crippen LogP contribution in [0.5, 0.6) is 5.75 Å². The largest absolute Gasteiger partial charge is 0.494 e. The molecule has 2 heteroatoms. The first-order valence-electron chi connectivity index (χ1n) is 11.0. The fraction of sp³-hybridized carbons (Fsp3) is 0.286. The molecule has 0 spiro atoms. The highest BCUT2D eigenvalue weighted by Gasteiger charge is 2.16. The zero-order valence-electron chi connectivity index (χ0n) is 18.9. The maximum absolute atomic E-state index is 5.73. The molecule has 1 aromatic heterocycles. The number of aromatic nitrogens is 1. The quantitative estimate of drug-likeness (QED) is 0.323. The molecule has 0 atom stereocenters. The second-order valence-corrected chi connectivity index (χ2v) is 7.44. The summed E-state index contributed by atoms with van der Waals surface area (Å²) < 4.78 is 8.18. The summed E-state index contributed by atoms with van der Waals surface area (Å²) in [6.45, 7) is 12.1. The van der Waals surface area contributed by atoms with Crippen LogP contribution >= 0.6 is 0 Å². The minimum atomic E-state index is 0.762. The van der Waals surface area contributed by atoms with Crippen molar-refractivity contribution in [3.63, 3.8) is 0 Å². The third-order valence-corrected chi connectivity index (χ3v) is 5.26. The molecule has 0 N–H and O–H groups in total. The van der Waals surface area contributed by atoms with Crippen molar-refractivity contribution < 1.29 is 4.74 Å². The van der Waals surface area contributed by atoms with Gasteiger partial charge in [-0.3, -0.25) is 0 Å². The van der Waals surface area contributed by atoms with Crippen LogP contribution in [-0.2, 0) is 6.54 Å². The van der Waals surface area contributed by atoms with Gasteiger partial charge in [-0.25, -0.2) is 0 Å². The van der Waals surface area contributed by atoms with E-state index in [1.165, 1.54) is 38.9 Å². The normalized spacial score (nSPS) is 10.6. The third kappa shape index (κ3) is 4.59. The van der Waals surface area contributed by atoms with Crippen molar-refractivity contribution in [1.29, 1.82) is 0 Å². The lowest BCUT2D eigenvalue weighted by Gasteiger charge is -2.13. The Hall–Kier alpha value is -3.00. The number of nitrogens with zero attached hydrogens (tertiary/aromatic N) is 1. The standard InChI is InChI=1S/C26H27NO.C2H6/c1-4-16-28-23-13-11-21(12-14-23)18-27-25-15-10-19(2)17-24(25)20(3)26(27)22-8-6-5-7-9-22;1-2/h5-15,17H,4,16,18H2,1-3H3;1-2H3. The molecule has 0 aliphatic carbocycles. The summed E-state index contributed by atoms with van der Waals surface area (Å²) in [4.78, 5) is 0. The SMILES string of the molecule is CC.CCCOc1ccc(Cn2c(-c3ccccc3)c(C)c3cc(C)ccc32)cc1. The van der Waals surface area contributed by atoms with Gasteiger partial charge in [0, 0.05) is 17.4 Å². The van der Waals surface area contributed by atoms with Crippen molar-refractivity contribution in [2.24, 2.45) is 0 Å². The molecule has 30 heavy (non-hydrogen) atoms. The summed E-state index contributed by atoms with van der Waals surface area (Å²) in [7, 11) is 0. The number of fused-ring (bicyclic) bond motifs is 1. The molecule has 3 aromatic carbocycles. The van der Waals surface area contributed by atoms with Gasteiger partial charge < -0.3 is 9.30 Å². The number of rotatable bonds is 6. The molecule has 0 bridgehead atoms. The summed E-state index contributed by atoms with van der Waals surface area (Å²) in [6.07, 6.45) is 1.02. The zero-order valence-corrected chi connectivity index (χ0v) is 18.9. The van der Waals surface area contributed by atoms with Gasteiger partial charge >= 0.3 is 0 Å². The number of aryl methyl sites for hydroxylation is 2. The van der Waals surface area contributed by atoms with E-state index in [-0.39, 0.29) is 0 Å². The lowest BCUT2D eigenvalue weighted by atomic mass is 10.1. The zero-order chi connectivity index (χ0) is 21.5. The van der Waals surface area contributed by atoms with Crippen molar-refractivity contribution in [3.8, 4) is 17.0 Å². The Bertz CT molecular complexity index is 1080. The number of benzene rings is 3. The highest BCUT2D eigenvalue weighted by atomic mass is 16.5. The topological polar surface area (TPSA) is 14.2 Å². The van der Waals surface area contributed by atoms with Crippen molar-refractivity contribution in [3.05, 3.63) is 89.5 Å². The molecular formula is C28H33NO. The summed E-state index contributed by atoms with van der Waals surface area (Å²) in [5.41, 5.74) is 7.76. The van der Waals surface area contributed by atoms with Crippen LogP contribution in [0.25, 0.3) is 22.2 Å². The monoisotopic (exact) mass is 399 g/mol. The lowest BCUT2D eigenvalue weighted by molar-refractivity contribution is 0.317. The molecule has 156 valence electrons. The Kier molecular flexibility index (Phi) is 7.35. The molecule has 4 aromatic rings. The van der Waals surface area contributed by atoms with Crippen molar-refractivity contribution >= 4 is 10.9 Å². The van der Waals surface area contributed by atoms with E-state index in [2.05, 4.69) is 98.1 Å². The van der Waals surface area contributed by atoms with Crippen LogP contribution in [0.1, 0.15) is 43.9 Å². The molecule has 2 nitrogen and oxygen atoms in total. The fourth-order valence-electron chi connectivity index (χ4n) is 3.86. The van der Waals surface area contributed by atoms with Gasteiger partial charge in [-0.1, -0.05) is 74.9 Å².